The molecule has 3 rings (SSSR count). The molecule has 2 aromatic carbocycles. The first-order valence-electron chi connectivity index (χ1n) is 9.19. The number of carbonyl (C=O) groups excluding carboxylic acids is 1. The highest BCUT2D eigenvalue weighted by Crippen LogP contribution is 2.22. The summed E-state index contributed by atoms with van der Waals surface area (Å²) in [6.07, 6.45) is 3.40. The third-order valence-electron chi connectivity index (χ3n) is 4.84. The van der Waals surface area contributed by atoms with E-state index in [9.17, 15) is 14.7 Å². The molecule has 5 nitrogen and oxygen atoms in total. The number of carboxylic acid groups (broad SMARTS) is 1. The van der Waals surface area contributed by atoms with Gasteiger partial charge < -0.3 is 15.4 Å². The minimum atomic E-state index is -0.904. The molecular formula is C22H24N2O3. The third kappa shape index (κ3) is 4.56. The van der Waals surface area contributed by atoms with Gasteiger partial charge in [0.2, 0.25) is 5.91 Å². The van der Waals surface area contributed by atoms with Crippen LogP contribution in [-0.2, 0) is 28.9 Å². The van der Waals surface area contributed by atoms with Gasteiger partial charge in [0.05, 0.1) is 12.3 Å². The quantitative estimate of drug-likeness (QED) is 0.573. The van der Waals surface area contributed by atoms with Crippen molar-refractivity contribution in [2.24, 2.45) is 5.92 Å². The molecule has 0 aliphatic heterocycles. The van der Waals surface area contributed by atoms with Crippen molar-refractivity contribution in [2.45, 2.75) is 26.2 Å². The summed E-state index contributed by atoms with van der Waals surface area (Å²) >= 11 is 0. The number of para-hydroxylation sites is 1. The summed E-state index contributed by atoms with van der Waals surface area (Å²) < 4.78 is 0. The number of aliphatic carboxylic acids is 1. The Labute approximate surface area is 158 Å². The highest BCUT2D eigenvalue weighted by molar-refractivity contribution is 5.90. The zero-order valence-corrected chi connectivity index (χ0v) is 15.4. The molecule has 0 spiro atoms. The van der Waals surface area contributed by atoms with E-state index >= 15 is 0 Å². The number of hydrogen-bond acceptors (Lipinski definition) is 2. The maximum absolute atomic E-state index is 12.4. The average Bonchev–Trinajstić information content (AvgIpc) is 3.08. The van der Waals surface area contributed by atoms with Crippen molar-refractivity contribution < 1.29 is 14.7 Å². The van der Waals surface area contributed by atoms with E-state index in [0.717, 1.165) is 28.5 Å². The van der Waals surface area contributed by atoms with Crippen molar-refractivity contribution in [2.75, 3.05) is 6.54 Å². The zero-order valence-electron chi connectivity index (χ0n) is 15.4. The molecule has 1 heterocycles. The van der Waals surface area contributed by atoms with E-state index in [1.165, 1.54) is 5.56 Å². The van der Waals surface area contributed by atoms with E-state index in [4.69, 9.17) is 0 Å². The standard InChI is InChI=1S/C22H24N2O3/c1-2-16-9-6-10-19-17(13-24-21(16)19)12-20(25)23-14-18(22(26)27)11-15-7-4-3-5-8-15/h3-10,13,18,24H,2,11-12,14H2,1H3,(H,23,25)(H,26,27). The van der Waals surface area contributed by atoms with Crippen LogP contribution in [0.25, 0.3) is 10.9 Å². The SMILES string of the molecule is CCc1cccc2c(CC(=O)NCC(Cc3ccccc3)C(=O)O)c[nH]c12. The minimum Gasteiger partial charge on any atom is -0.481 e. The van der Waals surface area contributed by atoms with Crippen molar-refractivity contribution >= 4 is 22.8 Å². The Bertz CT molecular complexity index is 931. The number of nitrogens with one attached hydrogen (secondary N) is 2. The summed E-state index contributed by atoms with van der Waals surface area (Å²) in [7, 11) is 0. The lowest BCUT2D eigenvalue weighted by molar-refractivity contribution is -0.141. The van der Waals surface area contributed by atoms with Crippen molar-refractivity contribution in [3.63, 3.8) is 0 Å². The van der Waals surface area contributed by atoms with Gasteiger partial charge in [-0.1, -0.05) is 55.5 Å². The summed E-state index contributed by atoms with van der Waals surface area (Å²) in [4.78, 5) is 27.1. The molecule has 0 radical (unpaired) electrons. The van der Waals surface area contributed by atoms with Gasteiger partial charge in [0.25, 0.3) is 0 Å². The monoisotopic (exact) mass is 364 g/mol. The molecule has 0 fully saturated rings. The van der Waals surface area contributed by atoms with Gasteiger partial charge in [-0.2, -0.15) is 0 Å². The van der Waals surface area contributed by atoms with Crippen molar-refractivity contribution in [1.82, 2.24) is 10.3 Å². The molecule has 1 amide bonds. The highest BCUT2D eigenvalue weighted by Gasteiger charge is 2.19. The van der Waals surface area contributed by atoms with Crippen LogP contribution in [0.4, 0.5) is 0 Å². The van der Waals surface area contributed by atoms with Crippen molar-refractivity contribution in [1.29, 1.82) is 0 Å². The summed E-state index contributed by atoms with van der Waals surface area (Å²) in [5, 5.41) is 13.3. The van der Waals surface area contributed by atoms with Gasteiger partial charge in [0, 0.05) is 23.6 Å². The minimum absolute atomic E-state index is 0.117. The lowest BCUT2D eigenvalue weighted by Gasteiger charge is -2.13. The molecule has 5 heteroatoms. The number of carbonyl (C=O) groups is 2. The van der Waals surface area contributed by atoms with Crippen LogP contribution in [0.5, 0.6) is 0 Å². The molecule has 0 bridgehead atoms. The van der Waals surface area contributed by atoms with Crippen LogP contribution in [0.1, 0.15) is 23.6 Å². The Morgan fingerprint density at radius 3 is 2.56 bits per heavy atom. The third-order valence-corrected chi connectivity index (χ3v) is 4.84. The molecule has 1 atom stereocenters. The average molecular weight is 364 g/mol. The number of carboxylic acids is 1. The van der Waals surface area contributed by atoms with Gasteiger partial charge in [-0.3, -0.25) is 9.59 Å². The second-order valence-corrected chi connectivity index (χ2v) is 6.71. The Morgan fingerprint density at radius 1 is 1.07 bits per heavy atom. The topological polar surface area (TPSA) is 82.2 Å². The Morgan fingerprint density at radius 2 is 1.85 bits per heavy atom. The van der Waals surface area contributed by atoms with Crippen molar-refractivity contribution in [3.8, 4) is 0 Å². The molecule has 27 heavy (non-hydrogen) atoms. The number of amides is 1. The van der Waals surface area contributed by atoms with Gasteiger partial charge in [-0.25, -0.2) is 0 Å². The number of hydrogen-bond donors (Lipinski definition) is 3. The first-order chi connectivity index (χ1) is 13.1. The Hall–Kier alpha value is -3.08. The predicted octanol–water partition coefficient (Wildman–Crippen LogP) is 3.33. The normalized spacial score (nSPS) is 12.0. The molecule has 1 unspecified atom stereocenters. The number of H-pyrrole nitrogens is 1. The summed E-state index contributed by atoms with van der Waals surface area (Å²) in [6.45, 7) is 2.21. The van der Waals surface area contributed by atoms with Crippen LogP contribution in [0.15, 0.2) is 54.7 Å². The van der Waals surface area contributed by atoms with E-state index in [2.05, 4.69) is 23.3 Å². The van der Waals surface area contributed by atoms with Gasteiger partial charge in [-0.05, 0) is 29.5 Å². The van der Waals surface area contributed by atoms with Crippen LogP contribution >= 0.6 is 0 Å². The van der Waals surface area contributed by atoms with Gasteiger partial charge in [0.15, 0.2) is 0 Å². The number of benzene rings is 2. The number of aromatic amines is 1. The van der Waals surface area contributed by atoms with Crippen LogP contribution < -0.4 is 5.32 Å². The second-order valence-electron chi connectivity index (χ2n) is 6.71. The van der Waals surface area contributed by atoms with E-state index < -0.39 is 11.9 Å². The van der Waals surface area contributed by atoms with E-state index in [0.29, 0.717) is 6.42 Å². The highest BCUT2D eigenvalue weighted by atomic mass is 16.4. The fraction of sp³-hybridized carbons (Fsp3) is 0.273. The molecule has 0 aliphatic rings. The molecule has 3 aromatic rings. The number of aryl methyl sites for hydroxylation is 1. The fourth-order valence-corrected chi connectivity index (χ4v) is 3.33. The smallest absolute Gasteiger partial charge is 0.308 e. The van der Waals surface area contributed by atoms with Crippen LogP contribution in [0, 0.1) is 5.92 Å². The number of fused-ring (bicyclic) bond motifs is 1. The van der Waals surface area contributed by atoms with Gasteiger partial charge >= 0.3 is 5.97 Å². The maximum Gasteiger partial charge on any atom is 0.308 e. The van der Waals surface area contributed by atoms with E-state index in [-0.39, 0.29) is 18.9 Å². The zero-order chi connectivity index (χ0) is 19.2. The lowest BCUT2D eigenvalue weighted by Crippen LogP contribution is -2.34. The van der Waals surface area contributed by atoms with Gasteiger partial charge in [-0.15, -0.1) is 0 Å². The van der Waals surface area contributed by atoms with E-state index in [1.54, 1.807) is 0 Å². The number of rotatable bonds is 8. The van der Waals surface area contributed by atoms with Gasteiger partial charge in [0.1, 0.15) is 0 Å². The lowest BCUT2D eigenvalue weighted by atomic mass is 9.99. The first-order valence-corrected chi connectivity index (χ1v) is 9.19. The largest absolute Gasteiger partial charge is 0.481 e. The van der Waals surface area contributed by atoms with Crippen LogP contribution in [0.2, 0.25) is 0 Å². The van der Waals surface area contributed by atoms with E-state index in [1.807, 2.05) is 48.7 Å². The molecule has 0 saturated heterocycles. The first kappa shape index (κ1) is 18.7. The molecule has 0 saturated carbocycles. The second kappa shape index (κ2) is 8.54. The Kier molecular flexibility index (Phi) is 5.91. The fourth-order valence-electron chi connectivity index (χ4n) is 3.33. The summed E-state index contributed by atoms with van der Waals surface area (Å²) in [5.74, 6) is -1.72. The molecule has 0 aliphatic carbocycles. The maximum atomic E-state index is 12.4. The predicted molar refractivity (Wildman–Crippen MR) is 106 cm³/mol. The summed E-state index contributed by atoms with van der Waals surface area (Å²) in [6, 6.07) is 15.5. The van der Waals surface area contributed by atoms with Crippen LogP contribution in [0.3, 0.4) is 0 Å². The number of aromatic nitrogens is 1. The molecule has 1 aromatic heterocycles. The molecular weight excluding hydrogens is 340 g/mol. The molecule has 140 valence electrons. The molecule has 3 N–H and O–H groups in total. The summed E-state index contributed by atoms with van der Waals surface area (Å²) in [5.41, 5.74) is 4.15. The Balaban J connectivity index is 1.62. The van der Waals surface area contributed by atoms with Crippen LogP contribution in [-0.4, -0.2) is 28.5 Å². The van der Waals surface area contributed by atoms with Crippen molar-refractivity contribution in [3.05, 3.63) is 71.4 Å².